The molecule has 3 unspecified atom stereocenters. The quantitative estimate of drug-likeness (QED) is 0.880. The minimum atomic E-state index is -0.805. The molecule has 1 aliphatic carbocycles. The highest BCUT2D eigenvalue weighted by Gasteiger charge is 2.41. The molecule has 0 saturated heterocycles. The zero-order valence-electron chi connectivity index (χ0n) is 11.8. The number of hydrogen-bond donors (Lipinski definition) is 2. The zero-order valence-corrected chi connectivity index (χ0v) is 11.8. The number of hydrogen-bond acceptors (Lipinski definition) is 2. The molecule has 1 aromatic rings. The molecule has 1 aliphatic rings. The summed E-state index contributed by atoms with van der Waals surface area (Å²) in [6.07, 6.45) is 3.17. The van der Waals surface area contributed by atoms with E-state index in [-0.39, 0.29) is 11.2 Å². The molecule has 0 aliphatic heterocycles. The standard InChI is InChI=1S/C16H24FNO/c1-11-5-6-14(17)13(8-11)15(19)16(10-18)7-3-4-12(2)9-16/h5-6,8,12,15,19H,3-4,7,9-10,18H2,1-2H3. The van der Waals surface area contributed by atoms with Crippen LogP contribution in [0.15, 0.2) is 18.2 Å². The summed E-state index contributed by atoms with van der Waals surface area (Å²) in [7, 11) is 0. The van der Waals surface area contributed by atoms with E-state index in [4.69, 9.17) is 5.73 Å². The second kappa shape index (κ2) is 5.59. The molecule has 0 amide bonds. The van der Waals surface area contributed by atoms with Gasteiger partial charge in [-0.05, 0) is 31.7 Å². The second-order valence-corrected chi connectivity index (χ2v) is 6.20. The number of aliphatic hydroxyl groups is 1. The van der Waals surface area contributed by atoms with Gasteiger partial charge in [0.2, 0.25) is 0 Å². The summed E-state index contributed by atoms with van der Waals surface area (Å²) >= 11 is 0. The lowest BCUT2D eigenvalue weighted by Crippen LogP contribution is -2.41. The number of rotatable bonds is 3. The van der Waals surface area contributed by atoms with Crippen molar-refractivity contribution in [1.29, 1.82) is 0 Å². The summed E-state index contributed by atoms with van der Waals surface area (Å²) in [5.74, 6) is 0.212. The maximum atomic E-state index is 14.0. The number of halogens is 1. The maximum absolute atomic E-state index is 14.0. The van der Waals surface area contributed by atoms with Crippen LogP contribution in [-0.4, -0.2) is 11.7 Å². The highest BCUT2D eigenvalue weighted by molar-refractivity contribution is 5.27. The van der Waals surface area contributed by atoms with Crippen LogP contribution in [0, 0.1) is 24.1 Å². The molecule has 0 aromatic heterocycles. The fraction of sp³-hybridized carbons (Fsp3) is 0.625. The molecule has 1 aromatic carbocycles. The first-order valence-electron chi connectivity index (χ1n) is 7.13. The van der Waals surface area contributed by atoms with Crippen molar-refractivity contribution in [3.8, 4) is 0 Å². The lowest BCUT2D eigenvalue weighted by atomic mass is 9.65. The van der Waals surface area contributed by atoms with Crippen LogP contribution in [0.1, 0.15) is 49.8 Å². The third-order valence-corrected chi connectivity index (χ3v) is 4.56. The molecule has 2 rings (SSSR count). The summed E-state index contributed by atoms with van der Waals surface area (Å²) in [5.41, 5.74) is 6.94. The van der Waals surface area contributed by atoms with Gasteiger partial charge >= 0.3 is 0 Å². The van der Waals surface area contributed by atoms with Gasteiger partial charge in [-0.15, -0.1) is 0 Å². The van der Waals surface area contributed by atoms with Gasteiger partial charge in [0.1, 0.15) is 5.82 Å². The van der Waals surface area contributed by atoms with Crippen molar-refractivity contribution in [1.82, 2.24) is 0 Å². The first kappa shape index (κ1) is 14.5. The van der Waals surface area contributed by atoms with E-state index in [1.165, 1.54) is 12.5 Å². The fourth-order valence-electron chi connectivity index (χ4n) is 3.45. The van der Waals surface area contributed by atoms with Crippen LogP contribution >= 0.6 is 0 Å². The fourth-order valence-corrected chi connectivity index (χ4v) is 3.45. The molecule has 0 radical (unpaired) electrons. The van der Waals surface area contributed by atoms with E-state index < -0.39 is 6.10 Å². The van der Waals surface area contributed by atoms with Crippen molar-refractivity contribution < 1.29 is 9.50 Å². The molecule has 0 heterocycles. The largest absolute Gasteiger partial charge is 0.388 e. The Kier molecular flexibility index (Phi) is 4.26. The Morgan fingerprint density at radius 3 is 2.89 bits per heavy atom. The molecule has 19 heavy (non-hydrogen) atoms. The Morgan fingerprint density at radius 2 is 2.26 bits per heavy atom. The van der Waals surface area contributed by atoms with Gasteiger partial charge in [0, 0.05) is 17.5 Å². The van der Waals surface area contributed by atoms with Crippen molar-refractivity contribution in [2.45, 2.75) is 45.6 Å². The summed E-state index contributed by atoms with van der Waals surface area (Å²) in [6, 6.07) is 4.91. The van der Waals surface area contributed by atoms with E-state index in [1.807, 2.05) is 6.92 Å². The van der Waals surface area contributed by atoms with Crippen LogP contribution in [-0.2, 0) is 0 Å². The molecule has 3 N–H and O–H groups in total. The molecule has 0 bridgehead atoms. The molecular weight excluding hydrogens is 241 g/mol. The minimum Gasteiger partial charge on any atom is -0.388 e. The van der Waals surface area contributed by atoms with Crippen molar-refractivity contribution in [2.75, 3.05) is 6.54 Å². The maximum Gasteiger partial charge on any atom is 0.129 e. The van der Waals surface area contributed by atoms with Gasteiger partial charge in [0.05, 0.1) is 6.10 Å². The van der Waals surface area contributed by atoms with Crippen molar-refractivity contribution >= 4 is 0 Å². The smallest absolute Gasteiger partial charge is 0.129 e. The van der Waals surface area contributed by atoms with Gasteiger partial charge in [-0.1, -0.05) is 37.5 Å². The Labute approximate surface area is 114 Å². The van der Waals surface area contributed by atoms with E-state index in [0.717, 1.165) is 24.8 Å². The zero-order chi connectivity index (χ0) is 14.0. The average molecular weight is 265 g/mol. The monoisotopic (exact) mass is 265 g/mol. The molecule has 3 heteroatoms. The molecule has 106 valence electrons. The van der Waals surface area contributed by atoms with Gasteiger partial charge in [-0.25, -0.2) is 4.39 Å². The Morgan fingerprint density at radius 1 is 1.53 bits per heavy atom. The lowest BCUT2D eigenvalue weighted by Gasteiger charge is -2.43. The molecule has 1 fully saturated rings. The van der Waals surface area contributed by atoms with Crippen molar-refractivity contribution in [2.24, 2.45) is 17.1 Å². The first-order chi connectivity index (χ1) is 8.98. The van der Waals surface area contributed by atoms with Crippen LogP contribution in [0.3, 0.4) is 0 Å². The lowest BCUT2D eigenvalue weighted by molar-refractivity contribution is -0.0151. The SMILES string of the molecule is Cc1ccc(F)c(C(O)C2(CN)CCCC(C)C2)c1. The number of nitrogens with two attached hydrogens (primary N) is 1. The number of aryl methyl sites for hydroxylation is 1. The van der Waals surface area contributed by atoms with E-state index in [0.29, 0.717) is 18.0 Å². The second-order valence-electron chi connectivity index (χ2n) is 6.20. The van der Waals surface area contributed by atoms with Gasteiger partial charge in [0.15, 0.2) is 0 Å². The molecule has 0 spiro atoms. The van der Waals surface area contributed by atoms with Crippen molar-refractivity contribution in [3.05, 3.63) is 35.1 Å². The minimum absolute atomic E-state index is 0.329. The first-order valence-corrected chi connectivity index (χ1v) is 7.13. The van der Waals surface area contributed by atoms with Gasteiger partial charge in [0.25, 0.3) is 0 Å². The molecular formula is C16H24FNO. The average Bonchev–Trinajstić information content (AvgIpc) is 2.40. The topological polar surface area (TPSA) is 46.2 Å². The normalized spacial score (nSPS) is 29.2. The van der Waals surface area contributed by atoms with E-state index >= 15 is 0 Å². The summed E-state index contributed by atoms with van der Waals surface area (Å²) in [5, 5.41) is 10.7. The summed E-state index contributed by atoms with van der Waals surface area (Å²) in [4.78, 5) is 0. The number of benzene rings is 1. The van der Waals surface area contributed by atoms with Crippen LogP contribution in [0.2, 0.25) is 0 Å². The van der Waals surface area contributed by atoms with Crippen LogP contribution in [0.25, 0.3) is 0 Å². The highest BCUT2D eigenvalue weighted by Crippen LogP contribution is 2.47. The van der Waals surface area contributed by atoms with Gasteiger partial charge in [-0.3, -0.25) is 0 Å². The predicted octanol–water partition coefficient (Wildman–Crippen LogP) is 3.32. The van der Waals surface area contributed by atoms with Gasteiger partial charge < -0.3 is 10.8 Å². The summed E-state index contributed by atoms with van der Waals surface area (Å²) in [6.45, 7) is 4.50. The Balaban J connectivity index is 2.34. The molecule has 2 nitrogen and oxygen atoms in total. The predicted molar refractivity (Wildman–Crippen MR) is 75.2 cm³/mol. The van der Waals surface area contributed by atoms with E-state index in [2.05, 4.69) is 6.92 Å². The number of aliphatic hydroxyl groups excluding tert-OH is 1. The Bertz CT molecular complexity index is 448. The Hall–Kier alpha value is -0.930. The van der Waals surface area contributed by atoms with Gasteiger partial charge in [-0.2, -0.15) is 0 Å². The van der Waals surface area contributed by atoms with Crippen LogP contribution in [0.4, 0.5) is 4.39 Å². The van der Waals surface area contributed by atoms with E-state index in [1.54, 1.807) is 12.1 Å². The highest BCUT2D eigenvalue weighted by atomic mass is 19.1. The van der Waals surface area contributed by atoms with E-state index in [9.17, 15) is 9.50 Å². The summed E-state index contributed by atoms with van der Waals surface area (Å²) < 4.78 is 14.0. The molecule has 3 atom stereocenters. The van der Waals surface area contributed by atoms with Crippen LogP contribution < -0.4 is 5.73 Å². The third-order valence-electron chi connectivity index (χ3n) is 4.56. The van der Waals surface area contributed by atoms with Crippen LogP contribution in [0.5, 0.6) is 0 Å². The third kappa shape index (κ3) is 2.82. The molecule has 1 saturated carbocycles. The van der Waals surface area contributed by atoms with Crippen molar-refractivity contribution in [3.63, 3.8) is 0 Å².